The molecule has 1 unspecified atom stereocenters. The van der Waals surface area contributed by atoms with Gasteiger partial charge in [-0.1, -0.05) is 0 Å². The molecule has 0 radical (unpaired) electrons. The first-order chi connectivity index (χ1) is 10.4. The average molecular weight is 315 g/mol. The quantitative estimate of drug-likeness (QED) is 0.897. The van der Waals surface area contributed by atoms with Crippen molar-refractivity contribution in [2.24, 2.45) is 5.92 Å². The molecule has 1 aliphatic rings. The number of carbonyl (C=O) groups excluding carboxylic acids is 1. The van der Waals surface area contributed by atoms with Gasteiger partial charge in [0, 0.05) is 18.7 Å². The molecule has 2 rings (SSSR count). The Balaban J connectivity index is 2.15. The van der Waals surface area contributed by atoms with Crippen LogP contribution in [0.4, 0.5) is 8.78 Å². The van der Waals surface area contributed by atoms with Crippen molar-refractivity contribution in [3.8, 4) is 11.5 Å². The molecule has 1 aromatic carbocycles. The van der Waals surface area contributed by atoms with Gasteiger partial charge in [-0.15, -0.1) is 0 Å². The number of halogens is 2. The number of alkyl halides is 2. The fourth-order valence-corrected chi connectivity index (χ4v) is 2.32. The summed E-state index contributed by atoms with van der Waals surface area (Å²) in [5, 5.41) is 8.94. The molecule has 0 spiro atoms. The molecule has 1 N–H and O–H groups in total. The number of benzene rings is 1. The van der Waals surface area contributed by atoms with E-state index in [2.05, 4.69) is 4.74 Å². The third-order valence-corrected chi connectivity index (χ3v) is 3.45. The number of nitrogens with zero attached hydrogens (tertiary/aromatic N) is 1. The number of methoxy groups -OCH3 is 1. The van der Waals surface area contributed by atoms with E-state index in [0.717, 1.165) is 0 Å². The van der Waals surface area contributed by atoms with Gasteiger partial charge >= 0.3 is 12.6 Å². The molecule has 0 aromatic heterocycles. The van der Waals surface area contributed by atoms with Crippen molar-refractivity contribution in [3.05, 3.63) is 23.8 Å². The lowest BCUT2D eigenvalue weighted by Crippen LogP contribution is -2.29. The lowest BCUT2D eigenvalue weighted by atomic mass is 10.1. The van der Waals surface area contributed by atoms with E-state index in [1.807, 2.05) is 0 Å². The second kappa shape index (κ2) is 6.59. The summed E-state index contributed by atoms with van der Waals surface area (Å²) in [7, 11) is 1.28. The predicted molar refractivity (Wildman–Crippen MR) is 71.3 cm³/mol. The van der Waals surface area contributed by atoms with E-state index in [1.165, 1.54) is 30.2 Å². The normalized spacial score (nSPS) is 17.6. The van der Waals surface area contributed by atoms with E-state index in [1.54, 1.807) is 0 Å². The summed E-state index contributed by atoms with van der Waals surface area (Å²) in [6.07, 6.45) is 0.394. The zero-order valence-electron chi connectivity index (χ0n) is 11.8. The molecule has 1 atom stereocenters. The van der Waals surface area contributed by atoms with Gasteiger partial charge in [0.15, 0.2) is 11.5 Å². The maximum absolute atomic E-state index is 12.3. The Hall–Kier alpha value is -2.38. The minimum atomic E-state index is -3.00. The Kier molecular flexibility index (Phi) is 4.79. The molecular formula is C14H15F2NO5. The van der Waals surface area contributed by atoms with Gasteiger partial charge in [0.1, 0.15) is 0 Å². The molecule has 1 saturated heterocycles. The van der Waals surface area contributed by atoms with Gasteiger partial charge in [-0.05, 0) is 24.6 Å². The summed E-state index contributed by atoms with van der Waals surface area (Å²) in [6.45, 7) is -2.52. The van der Waals surface area contributed by atoms with Crippen LogP contribution in [0.1, 0.15) is 16.8 Å². The molecule has 8 heteroatoms. The third kappa shape index (κ3) is 3.44. The maximum atomic E-state index is 12.3. The Morgan fingerprint density at radius 2 is 2.09 bits per heavy atom. The van der Waals surface area contributed by atoms with Gasteiger partial charge in [0.25, 0.3) is 5.91 Å². The van der Waals surface area contributed by atoms with Crippen LogP contribution >= 0.6 is 0 Å². The number of hydrogen-bond donors (Lipinski definition) is 1. The second-order valence-corrected chi connectivity index (χ2v) is 4.82. The summed E-state index contributed by atoms with van der Waals surface area (Å²) in [6, 6.07) is 3.87. The number of rotatable bonds is 5. The van der Waals surface area contributed by atoms with Crippen molar-refractivity contribution >= 4 is 11.9 Å². The first-order valence-corrected chi connectivity index (χ1v) is 6.57. The molecule has 1 fully saturated rings. The lowest BCUT2D eigenvalue weighted by molar-refractivity contribution is -0.141. The van der Waals surface area contributed by atoms with E-state index in [4.69, 9.17) is 9.84 Å². The molecule has 0 bridgehead atoms. The standard InChI is InChI=1S/C14H15F2NO5/c1-21-11-6-8(2-3-10(11)22-14(15)16)12(18)17-5-4-9(7-17)13(19)20/h2-3,6,9,14H,4-5,7H2,1H3,(H,19,20). The number of carboxylic acid groups (broad SMARTS) is 1. The fraction of sp³-hybridized carbons (Fsp3) is 0.429. The molecule has 1 heterocycles. The summed E-state index contributed by atoms with van der Waals surface area (Å²) in [5.74, 6) is -2.04. The predicted octanol–water partition coefficient (Wildman–Crippen LogP) is 1.84. The third-order valence-electron chi connectivity index (χ3n) is 3.45. The van der Waals surface area contributed by atoms with Crippen LogP contribution in [0.15, 0.2) is 18.2 Å². The molecule has 1 aliphatic heterocycles. The van der Waals surface area contributed by atoms with Gasteiger partial charge in [0.05, 0.1) is 13.0 Å². The zero-order chi connectivity index (χ0) is 16.3. The Morgan fingerprint density at radius 1 is 1.36 bits per heavy atom. The van der Waals surface area contributed by atoms with Crippen LogP contribution in [0, 0.1) is 5.92 Å². The highest BCUT2D eigenvalue weighted by atomic mass is 19.3. The minimum Gasteiger partial charge on any atom is -0.493 e. The van der Waals surface area contributed by atoms with Crippen LogP contribution in [0.25, 0.3) is 0 Å². The number of aliphatic carboxylic acids is 1. The average Bonchev–Trinajstić information content (AvgIpc) is 2.96. The van der Waals surface area contributed by atoms with Crippen LogP contribution in [0.3, 0.4) is 0 Å². The van der Waals surface area contributed by atoms with Crippen molar-refractivity contribution in [1.29, 1.82) is 0 Å². The van der Waals surface area contributed by atoms with Crippen molar-refractivity contribution < 1.29 is 33.0 Å². The summed E-state index contributed by atoms with van der Waals surface area (Å²) in [4.78, 5) is 24.6. The zero-order valence-corrected chi connectivity index (χ0v) is 11.8. The van der Waals surface area contributed by atoms with Crippen LogP contribution in [0.5, 0.6) is 11.5 Å². The number of ether oxygens (including phenoxy) is 2. The van der Waals surface area contributed by atoms with Gasteiger partial charge < -0.3 is 19.5 Å². The summed E-state index contributed by atoms with van der Waals surface area (Å²) < 4.78 is 33.7. The molecule has 0 aliphatic carbocycles. The number of hydrogen-bond acceptors (Lipinski definition) is 4. The van der Waals surface area contributed by atoms with Gasteiger partial charge in [-0.25, -0.2) is 0 Å². The van der Waals surface area contributed by atoms with E-state index < -0.39 is 18.5 Å². The topological polar surface area (TPSA) is 76.1 Å². The smallest absolute Gasteiger partial charge is 0.387 e. The van der Waals surface area contributed by atoms with Crippen LogP contribution < -0.4 is 9.47 Å². The van der Waals surface area contributed by atoms with Gasteiger partial charge in [-0.3, -0.25) is 9.59 Å². The van der Waals surface area contributed by atoms with E-state index >= 15 is 0 Å². The van der Waals surface area contributed by atoms with E-state index in [-0.39, 0.29) is 29.5 Å². The van der Waals surface area contributed by atoms with Crippen molar-refractivity contribution in [2.45, 2.75) is 13.0 Å². The first-order valence-electron chi connectivity index (χ1n) is 6.57. The van der Waals surface area contributed by atoms with Crippen molar-refractivity contribution in [2.75, 3.05) is 20.2 Å². The van der Waals surface area contributed by atoms with Crippen molar-refractivity contribution in [1.82, 2.24) is 4.90 Å². The number of amides is 1. The largest absolute Gasteiger partial charge is 0.493 e. The van der Waals surface area contributed by atoms with E-state index in [0.29, 0.717) is 13.0 Å². The highest BCUT2D eigenvalue weighted by molar-refractivity contribution is 5.95. The molecule has 6 nitrogen and oxygen atoms in total. The molecule has 22 heavy (non-hydrogen) atoms. The minimum absolute atomic E-state index is 0.0140. The van der Waals surface area contributed by atoms with E-state index in [9.17, 15) is 18.4 Å². The Bertz CT molecular complexity index is 578. The molecule has 120 valence electrons. The Morgan fingerprint density at radius 3 is 2.64 bits per heavy atom. The monoisotopic (exact) mass is 315 g/mol. The summed E-state index contributed by atoms with van der Waals surface area (Å²) >= 11 is 0. The number of carbonyl (C=O) groups is 2. The van der Waals surface area contributed by atoms with Gasteiger partial charge in [-0.2, -0.15) is 8.78 Å². The second-order valence-electron chi connectivity index (χ2n) is 4.82. The number of carboxylic acids is 1. The molecule has 0 saturated carbocycles. The SMILES string of the molecule is COc1cc(C(=O)N2CCC(C(=O)O)C2)ccc1OC(F)F. The van der Waals surface area contributed by atoms with Crippen LogP contribution in [0.2, 0.25) is 0 Å². The van der Waals surface area contributed by atoms with Crippen LogP contribution in [-0.4, -0.2) is 48.7 Å². The van der Waals surface area contributed by atoms with Gasteiger partial charge in [0.2, 0.25) is 0 Å². The molecule has 1 amide bonds. The van der Waals surface area contributed by atoms with Crippen LogP contribution in [-0.2, 0) is 4.79 Å². The highest BCUT2D eigenvalue weighted by Crippen LogP contribution is 2.30. The number of likely N-dealkylation sites (tertiary alicyclic amines) is 1. The lowest BCUT2D eigenvalue weighted by Gasteiger charge is -2.17. The fourth-order valence-electron chi connectivity index (χ4n) is 2.32. The molecular weight excluding hydrogens is 300 g/mol. The van der Waals surface area contributed by atoms with Crippen molar-refractivity contribution in [3.63, 3.8) is 0 Å². The first kappa shape index (κ1) is 16.0. The summed E-state index contributed by atoms with van der Waals surface area (Å²) in [5.41, 5.74) is 0.226. The highest BCUT2D eigenvalue weighted by Gasteiger charge is 2.31. The Labute approximate surface area is 125 Å². The maximum Gasteiger partial charge on any atom is 0.387 e. The molecule has 1 aromatic rings.